The Balaban J connectivity index is 2.28. The van der Waals surface area contributed by atoms with Gasteiger partial charge in [0, 0.05) is 23.1 Å². The van der Waals surface area contributed by atoms with E-state index in [1.165, 1.54) is 0 Å². The van der Waals surface area contributed by atoms with E-state index in [-0.39, 0.29) is 0 Å². The van der Waals surface area contributed by atoms with E-state index in [9.17, 15) is 0 Å². The third-order valence-electron chi connectivity index (χ3n) is 2.04. The van der Waals surface area contributed by atoms with Gasteiger partial charge in [-0.25, -0.2) is 0 Å². The smallest absolute Gasteiger partial charge is 0.0431 e. The molecule has 0 aliphatic rings. The van der Waals surface area contributed by atoms with Gasteiger partial charge < -0.3 is 5.11 Å². The lowest BCUT2D eigenvalue weighted by molar-refractivity contribution is 0.283. The first kappa shape index (κ1) is 12.3. The fourth-order valence-electron chi connectivity index (χ4n) is 1.20. The van der Waals surface area contributed by atoms with Crippen LogP contribution in [0, 0.1) is 11.8 Å². The van der Waals surface area contributed by atoms with E-state index in [1.807, 2.05) is 24.3 Å². The van der Waals surface area contributed by atoms with Crippen LogP contribution >= 0.6 is 15.9 Å². The molecule has 1 nitrogen and oxygen atoms in total. The summed E-state index contributed by atoms with van der Waals surface area (Å²) in [7, 11) is 0. The number of benzene rings is 1. The number of halogens is 1. The molecule has 2 heteroatoms. The van der Waals surface area contributed by atoms with Crippen molar-refractivity contribution in [2.45, 2.75) is 25.7 Å². The van der Waals surface area contributed by atoms with Crippen molar-refractivity contribution in [3.05, 3.63) is 34.3 Å². The summed E-state index contributed by atoms with van der Waals surface area (Å²) in [5.41, 5.74) is 1.06. The van der Waals surface area contributed by atoms with Crippen molar-refractivity contribution in [3.8, 4) is 11.8 Å². The molecule has 1 aromatic rings. The molecule has 15 heavy (non-hydrogen) atoms. The van der Waals surface area contributed by atoms with Crippen LogP contribution in [0.2, 0.25) is 0 Å². The zero-order valence-electron chi connectivity index (χ0n) is 8.67. The van der Waals surface area contributed by atoms with Gasteiger partial charge in [0.05, 0.1) is 0 Å². The van der Waals surface area contributed by atoms with Gasteiger partial charge in [0.15, 0.2) is 0 Å². The van der Waals surface area contributed by atoms with Crippen LogP contribution in [-0.2, 0) is 0 Å². The molecule has 1 aromatic carbocycles. The molecule has 0 atom stereocenters. The normalized spacial score (nSPS) is 9.47. The highest BCUT2D eigenvalue weighted by Gasteiger charge is 1.87. The molecule has 0 aliphatic heterocycles. The lowest BCUT2D eigenvalue weighted by Gasteiger charge is -1.92. The molecule has 0 bridgehead atoms. The first-order chi connectivity index (χ1) is 7.33. The standard InChI is InChI=1S/C13H15BrO/c14-13-9-7-12(8-10-13)6-4-2-1-3-5-11-15/h7-10,15H,1-3,5,11H2. The first-order valence-corrected chi connectivity index (χ1v) is 5.97. The summed E-state index contributed by atoms with van der Waals surface area (Å²) in [5, 5.41) is 8.59. The number of aliphatic hydroxyl groups is 1. The minimum Gasteiger partial charge on any atom is -0.396 e. The maximum Gasteiger partial charge on any atom is 0.0431 e. The Morgan fingerprint density at radius 2 is 1.80 bits per heavy atom. The Morgan fingerprint density at radius 1 is 1.07 bits per heavy atom. The lowest BCUT2D eigenvalue weighted by atomic mass is 10.2. The number of rotatable bonds is 4. The van der Waals surface area contributed by atoms with Crippen LogP contribution in [0.5, 0.6) is 0 Å². The topological polar surface area (TPSA) is 20.2 Å². The molecule has 0 spiro atoms. The van der Waals surface area contributed by atoms with E-state index in [1.54, 1.807) is 0 Å². The Labute approximate surface area is 99.6 Å². The quantitative estimate of drug-likeness (QED) is 0.655. The summed E-state index contributed by atoms with van der Waals surface area (Å²) in [6, 6.07) is 8.00. The predicted octanol–water partition coefficient (Wildman–Crippen LogP) is 3.35. The monoisotopic (exact) mass is 266 g/mol. The highest BCUT2D eigenvalue weighted by atomic mass is 79.9. The van der Waals surface area contributed by atoms with Crippen LogP contribution in [0.15, 0.2) is 28.7 Å². The van der Waals surface area contributed by atoms with E-state index in [0.717, 1.165) is 35.7 Å². The molecule has 0 unspecified atom stereocenters. The molecular weight excluding hydrogens is 252 g/mol. The maximum atomic E-state index is 8.59. The van der Waals surface area contributed by atoms with E-state index in [4.69, 9.17) is 5.11 Å². The van der Waals surface area contributed by atoms with Gasteiger partial charge in [0.25, 0.3) is 0 Å². The van der Waals surface area contributed by atoms with Crippen molar-refractivity contribution in [1.29, 1.82) is 0 Å². The van der Waals surface area contributed by atoms with Gasteiger partial charge in [-0.2, -0.15) is 0 Å². The van der Waals surface area contributed by atoms with Crippen LogP contribution in [0.4, 0.5) is 0 Å². The summed E-state index contributed by atoms with van der Waals surface area (Å²) in [5.74, 6) is 6.25. The van der Waals surface area contributed by atoms with Crippen molar-refractivity contribution < 1.29 is 5.11 Å². The Bertz CT molecular complexity index is 332. The van der Waals surface area contributed by atoms with Crippen molar-refractivity contribution >= 4 is 15.9 Å². The van der Waals surface area contributed by atoms with Crippen LogP contribution in [0.3, 0.4) is 0 Å². The predicted molar refractivity (Wildman–Crippen MR) is 66.6 cm³/mol. The largest absolute Gasteiger partial charge is 0.396 e. The summed E-state index contributed by atoms with van der Waals surface area (Å²) in [4.78, 5) is 0. The summed E-state index contributed by atoms with van der Waals surface area (Å²) < 4.78 is 1.08. The van der Waals surface area contributed by atoms with Gasteiger partial charge in [0.1, 0.15) is 0 Å². The summed E-state index contributed by atoms with van der Waals surface area (Å²) in [6.45, 7) is 0.292. The van der Waals surface area contributed by atoms with Gasteiger partial charge in [-0.3, -0.25) is 0 Å². The Kier molecular flexibility index (Phi) is 6.15. The van der Waals surface area contributed by atoms with E-state index < -0.39 is 0 Å². The van der Waals surface area contributed by atoms with E-state index >= 15 is 0 Å². The third kappa shape index (κ3) is 5.61. The molecule has 0 aromatic heterocycles. The third-order valence-corrected chi connectivity index (χ3v) is 2.57. The van der Waals surface area contributed by atoms with Crippen LogP contribution in [0.1, 0.15) is 31.2 Å². The zero-order valence-corrected chi connectivity index (χ0v) is 10.3. The highest BCUT2D eigenvalue weighted by Crippen LogP contribution is 2.09. The Morgan fingerprint density at radius 3 is 2.47 bits per heavy atom. The second-order valence-corrected chi connectivity index (χ2v) is 4.26. The minimum atomic E-state index is 0.292. The zero-order chi connectivity index (χ0) is 10.9. The Hall–Kier alpha value is -0.780. The fourth-order valence-corrected chi connectivity index (χ4v) is 1.46. The second-order valence-electron chi connectivity index (χ2n) is 3.34. The highest BCUT2D eigenvalue weighted by molar-refractivity contribution is 9.10. The average Bonchev–Trinajstić information content (AvgIpc) is 2.26. The van der Waals surface area contributed by atoms with Crippen molar-refractivity contribution in [2.24, 2.45) is 0 Å². The molecule has 0 saturated heterocycles. The van der Waals surface area contributed by atoms with Crippen LogP contribution in [0.25, 0.3) is 0 Å². The minimum absolute atomic E-state index is 0.292. The summed E-state index contributed by atoms with van der Waals surface area (Å²) in [6.07, 6.45) is 3.94. The van der Waals surface area contributed by atoms with Gasteiger partial charge in [-0.15, -0.1) is 0 Å². The molecule has 1 N–H and O–H groups in total. The number of aliphatic hydroxyl groups excluding tert-OH is 1. The molecule has 0 aliphatic carbocycles. The lowest BCUT2D eigenvalue weighted by Crippen LogP contribution is -1.81. The number of hydrogen-bond acceptors (Lipinski definition) is 1. The molecule has 0 radical (unpaired) electrons. The molecule has 0 fully saturated rings. The van der Waals surface area contributed by atoms with Gasteiger partial charge in [0.2, 0.25) is 0 Å². The number of unbranched alkanes of at least 4 members (excludes halogenated alkanes) is 3. The van der Waals surface area contributed by atoms with Crippen molar-refractivity contribution in [2.75, 3.05) is 6.61 Å². The molecule has 0 saturated carbocycles. The molecular formula is C13H15BrO. The van der Waals surface area contributed by atoms with E-state index in [2.05, 4.69) is 27.8 Å². The molecule has 80 valence electrons. The summed E-state index contributed by atoms with van der Waals surface area (Å²) >= 11 is 3.38. The number of hydrogen-bond donors (Lipinski definition) is 1. The van der Waals surface area contributed by atoms with Crippen LogP contribution in [-0.4, -0.2) is 11.7 Å². The molecule has 0 heterocycles. The maximum absolute atomic E-state index is 8.59. The van der Waals surface area contributed by atoms with Crippen molar-refractivity contribution in [3.63, 3.8) is 0 Å². The average molecular weight is 267 g/mol. The van der Waals surface area contributed by atoms with Crippen LogP contribution < -0.4 is 0 Å². The SMILES string of the molecule is OCCCCCC#Cc1ccc(Br)cc1. The van der Waals surface area contributed by atoms with Gasteiger partial charge in [-0.05, 0) is 37.1 Å². The molecule has 0 amide bonds. The van der Waals surface area contributed by atoms with Gasteiger partial charge in [-0.1, -0.05) is 34.2 Å². The second kappa shape index (κ2) is 7.50. The van der Waals surface area contributed by atoms with E-state index in [0.29, 0.717) is 6.61 Å². The first-order valence-electron chi connectivity index (χ1n) is 5.18. The molecule has 1 rings (SSSR count). The van der Waals surface area contributed by atoms with Crippen molar-refractivity contribution in [1.82, 2.24) is 0 Å². The fraction of sp³-hybridized carbons (Fsp3) is 0.385. The van der Waals surface area contributed by atoms with Gasteiger partial charge >= 0.3 is 0 Å².